The molecule has 1 aliphatic carbocycles. The normalized spacial score (nSPS) is 36.3. The molecule has 4 nitrogen and oxygen atoms in total. The van der Waals surface area contributed by atoms with Crippen LogP contribution in [0.2, 0.25) is 0 Å². The average molecular weight is 301 g/mol. The summed E-state index contributed by atoms with van der Waals surface area (Å²) >= 11 is 0. The van der Waals surface area contributed by atoms with Gasteiger partial charge in [-0.25, -0.2) is 0 Å². The van der Waals surface area contributed by atoms with E-state index in [1.165, 1.54) is 0 Å². The second-order valence-corrected chi connectivity index (χ2v) is 8.35. The average Bonchev–Trinajstić information content (AvgIpc) is 2.47. The number of amides is 1. The van der Waals surface area contributed by atoms with Crippen molar-refractivity contribution in [2.24, 2.45) is 5.41 Å². The van der Waals surface area contributed by atoms with Gasteiger partial charge in [-0.05, 0) is 39.0 Å². The van der Waals surface area contributed by atoms with Crippen LogP contribution in [0.4, 0.5) is 0 Å². The van der Waals surface area contributed by atoms with Gasteiger partial charge in [0.15, 0.2) is 0 Å². The summed E-state index contributed by atoms with van der Waals surface area (Å²) in [6.45, 7) is 5.25. The lowest BCUT2D eigenvalue weighted by Crippen LogP contribution is -2.49. The van der Waals surface area contributed by atoms with E-state index in [0.717, 1.165) is 50.9 Å². The Kier molecular flexibility index (Phi) is 5.61. The number of hydrogen-bond donors (Lipinski definition) is 1. The number of rotatable bonds is 4. The molecule has 0 radical (unpaired) electrons. The minimum atomic E-state index is -0.740. The van der Waals surface area contributed by atoms with Gasteiger partial charge in [0.1, 0.15) is 0 Å². The fourth-order valence-corrected chi connectivity index (χ4v) is 4.57. The molecule has 1 heterocycles. The highest BCUT2D eigenvalue weighted by molar-refractivity contribution is 7.85. The van der Waals surface area contributed by atoms with E-state index in [-0.39, 0.29) is 22.6 Å². The fraction of sp³-hybridized carbons (Fsp3) is 0.933. The number of nitrogens with one attached hydrogen (secondary N) is 1. The van der Waals surface area contributed by atoms with Gasteiger partial charge in [-0.3, -0.25) is 9.00 Å². The summed E-state index contributed by atoms with van der Waals surface area (Å²) in [6, 6.07) is 0.190. The quantitative estimate of drug-likeness (QED) is 0.864. The van der Waals surface area contributed by atoms with Crippen LogP contribution < -0.4 is 5.32 Å². The summed E-state index contributed by atoms with van der Waals surface area (Å²) in [5.74, 6) is 0.835. The Morgan fingerprint density at radius 3 is 2.85 bits per heavy atom. The Bertz CT molecular complexity index is 366. The molecule has 4 unspecified atom stereocenters. The zero-order valence-corrected chi connectivity index (χ0v) is 13.5. The molecule has 2 aliphatic rings. The Morgan fingerprint density at radius 2 is 2.20 bits per heavy atom. The standard InChI is InChI=1S/C15H27NO3S/c1-3-20(18)13-7-4-6-12(10-13)16-14(17)15(2)8-5-9-19-11-15/h12-13H,3-11H2,1-2H3,(H,16,17). The minimum Gasteiger partial charge on any atom is -0.380 e. The third kappa shape index (κ3) is 3.82. The summed E-state index contributed by atoms with van der Waals surface area (Å²) in [7, 11) is -0.740. The molecule has 2 rings (SSSR count). The molecular formula is C15H27NO3S. The van der Waals surface area contributed by atoms with Crippen LogP contribution in [0.3, 0.4) is 0 Å². The number of hydrogen-bond acceptors (Lipinski definition) is 3. The van der Waals surface area contributed by atoms with Gasteiger partial charge in [0, 0.05) is 34.5 Å². The number of ether oxygens (including phenoxy) is 1. The maximum absolute atomic E-state index is 12.5. The molecule has 116 valence electrons. The maximum atomic E-state index is 12.5. The first kappa shape index (κ1) is 16.0. The van der Waals surface area contributed by atoms with Crippen LogP contribution in [-0.2, 0) is 20.3 Å². The molecule has 0 aromatic carbocycles. The van der Waals surface area contributed by atoms with E-state index in [1.54, 1.807) is 0 Å². The smallest absolute Gasteiger partial charge is 0.228 e. The Morgan fingerprint density at radius 1 is 1.40 bits per heavy atom. The van der Waals surface area contributed by atoms with Crippen molar-refractivity contribution in [1.29, 1.82) is 0 Å². The van der Waals surface area contributed by atoms with Gasteiger partial charge in [0.25, 0.3) is 0 Å². The third-order valence-corrected chi connectivity index (χ3v) is 6.34. The van der Waals surface area contributed by atoms with Gasteiger partial charge in [0.2, 0.25) is 5.91 Å². The molecule has 2 fully saturated rings. The van der Waals surface area contributed by atoms with E-state index < -0.39 is 10.8 Å². The first-order valence-electron chi connectivity index (χ1n) is 7.81. The second kappa shape index (κ2) is 7.03. The number of carbonyl (C=O) groups is 1. The summed E-state index contributed by atoms with van der Waals surface area (Å²) in [5, 5.41) is 3.44. The highest BCUT2D eigenvalue weighted by Gasteiger charge is 2.37. The summed E-state index contributed by atoms with van der Waals surface area (Å²) < 4.78 is 17.4. The number of carbonyl (C=O) groups excluding carboxylic acids is 1. The van der Waals surface area contributed by atoms with Crippen molar-refractivity contribution in [2.75, 3.05) is 19.0 Å². The molecule has 0 aromatic rings. The van der Waals surface area contributed by atoms with E-state index in [2.05, 4.69) is 5.32 Å². The molecule has 1 saturated heterocycles. The predicted octanol–water partition coefficient (Wildman–Crippen LogP) is 2.00. The van der Waals surface area contributed by atoms with Crippen LogP contribution in [0, 0.1) is 5.41 Å². The van der Waals surface area contributed by atoms with Crippen molar-refractivity contribution < 1.29 is 13.7 Å². The topological polar surface area (TPSA) is 55.4 Å². The van der Waals surface area contributed by atoms with Crippen molar-refractivity contribution in [2.45, 2.75) is 63.7 Å². The second-order valence-electron chi connectivity index (χ2n) is 6.35. The molecule has 1 aliphatic heterocycles. The Balaban J connectivity index is 1.88. The molecule has 1 N–H and O–H groups in total. The molecule has 20 heavy (non-hydrogen) atoms. The van der Waals surface area contributed by atoms with Crippen molar-refractivity contribution in [3.8, 4) is 0 Å². The van der Waals surface area contributed by atoms with E-state index in [9.17, 15) is 9.00 Å². The molecule has 4 atom stereocenters. The highest BCUT2D eigenvalue weighted by Crippen LogP contribution is 2.29. The van der Waals surface area contributed by atoms with Crippen LogP contribution in [0.1, 0.15) is 52.4 Å². The highest BCUT2D eigenvalue weighted by atomic mass is 32.2. The molecule has 1 saturated carbocycles. The van der Waals surface area contributed by atoms with E-state index in [4.69, 9.17) is 4.74 Å². The predicted molar refractivity (Wildman–Crippen MR) is 81.0 cm³/mol. The maximum Gasteiger partial charge on any atom is 0.228 e. The van der Waals surface area contributed by atoms with Gasteiger partial charge < -0.3 is 10.1 Å². The summed E-state index contributed by atoms with van der Waals surface area (Å²) in [4.78, 5) is 12.5. The Hall–Kier alpha value is -0.420. The van der Waals surface area contributed by atoms with Gasteiger partial charge in [0.05, 0.1) is 12.0 Å². The van der Waals surface area contributed by atoms with Gasteiger partial charge in [-0.2, -0.15) is 0 Å². The van der Waals surface area contributed by atoms with Crippen LogP contribution in [0.15, 0.2) is 0 Å². The molecule has 0 spiro atoms. The van der Waals surface area contributed by atoms with Gasteiger partial charge in [-0.15, -0.1) is 0 Å². The molecule has 0 bridgehead atoms. The lowest BCUT2D eigenvalue weighted by atomic mass is 9.83. The van der Waals surface area contributed by atoms with E-state index in [1.807, 2.05) is 13.8 Å². The van der Waals surface area contributed by atoms with Crippen molar-refractivity contribution in [3.63, 3.8) is 0 Å². The molecule has 5 heteroatoms. The van der Waals surface area contributed by atoms with Crippen LogP contribution >= 0.6 is 0 Å². The summed E-state index contributed by atoms with van der Waals surface area (Å²) in [5.41, 5.74) is -0.380. The van der Waals surface area contributed by atoms with Crippen molar-refractivity contribution >= 4 is 16.7 Å². The van der Waals surface area contributed by atoms with E-state index >= 15 is 0 Å². The van der Waals surface area contributed by atoms with Crippen molar-refractivity contribution in [1.82, 2.24) is 5.32 Å². The lowest BCUT2D eigenvalue weighted by molar-refractivity contribution is -0.138. The zero-order valence-electron chi connectivity index (χ0n) is 12.7. The van der Waals surface area contributed by atoms with Crippen LogP contribution in [-0.4, -0.2) is 40.4 Å². The monoisotopic (exact) mass is 301 g/mol. The van der Waals surface area contributed by atoms with Crippen LogP contribution in [0.25, 0.3) is 0 Å². The summed E-state index contributed by atoms with van der Waals surface area (Å²) in [6.07, 6.45) is 5.83. The van der Waals surface area contributed by atoms with Gasteiger partial charge >= 0.3 is 0 Å². The molecular weight excluding hydrogens is 274 g/mol. The first-order valence-corrected chi connectivity index (χ1v) is 9.19. The third-order valence-electron chi connectivity index (χ3n) is 4.60. The first-order chi connectivity index (χ1) is 9.55. The minimum absolute atomic E-state index is 0.116. The molecule has 1 amide bonds. The lowest BCUT2D eigenvalue weighted by Gasteiger charge is -2.35. The van der Waals surface area contributed by atoms with Crippen molar-refractivity contribution in [3.05, 3.63) is 0 Å². The SMILES string of the molecule is CCS(=O)C1CCCC(NC(=O)C2(C)CCCOC2)C1. The fourth-order valence-electron chi connectivity index (χ4n) is 3.22. The zero-order chi connectivity index (χ0) is 14.6. The Labute approximate surface area is 124 Å². The van der Waals surface area contributed by atoms with Gasteiger partial charge in [-0.1, -0.05) is 13.3 Å². The van der Waals surface area contributed by atoms with E-state index in [0.29, 0.717) is 6.61 Å². The van der Waals surface area contributed by atoms with Crippen LogP contribution in [0.5, 0.6) is 0 Å². The largest absolute Gasteiger partial charge is 0.380 e. The molecule has 0 aromatic heterocycles.